The standard InChI is InChI=1S/C12H10ClFOS/c1-9(15)16-8-3-2-5-10-6-4-7-11(14)12(10)13/h4,6-7H,3,8H2,1H3. The van der Waals surface area contributed by atoms with Crippen molar-refractivity contribution in [3.63, 3.8) is 0 Å². The van der Waals surface area contributed by atoms with Gasteiger partial charge in [-0.2, -0.15) is 0 Å². The van der Waals surface area contributed by atoms with E-state index in [2.05, 4.69) is 11.8 Å². The van der Waals surface area contributed by atoms with Gasteiger partial charge in [0.25, 0.3) is 0 Å². The normalized spacial score (nSPS) is 9.44. The van der Waals surface area contributed by atoms with E-state index in [-0.39, 0.29) is 10.1 Å². The van der Waals surface area contributed by atoms with Crippen molar-refractivity contribution in [1.82, 2.24) is 0 Å². The van der Waals surface area contributed by atoms with Gasteiger partial charge in [0.2, 0.25) is 0 Å². The molecule has 0 fully saturated rings. The fourth-order valence-corrected chi connectivity index (χ4v) is 1.67. The molecule has 84 valence electrons. The zero-order valence-electron chi connectivity index (χ0n) is 8.72. The Kier molecular flexibility index (Phi) is 5.37. The van der Waals surface area contributed by atoms with Gasteiger partial charge in [-0.3, -0.25) is 4.79 Å². The van der Waals surface area contributed by atoms with Gasteiger partial charge in [0.15, 0.2) is 5.12 Å². The number of rotatable bonds is 2. The molecule has 0 bridgehead atoms. The molecule has 0 aliphatic carbocycles. The first-order valence-electron chi connectivity index (χ1n) is 4.67. The van der Waals surface area contributed by atoms with Crippen LogP contribution in [0.1, 0.15) is 18.9 Å². The molecule has 0 atom stereocenters. The van der Waals surface area contributed by atoms with Crippen molar-refractivity contribution in [3.8, 4) is 11.8 Å². The molecule has 16 heavy (non-hydrogen) atoms. The zero-order valence-corrected chi connectivity index (χ0v) is 10.3. The fourth-order valence-electron chi connectivity index (χ4n) is 1.00. The number of hydrogen-bond acceptors (Lipinski definition) is 2. The van der Waals surface area contributed by atoms with Crippen LogP contribution in [-0.2, 0) is 4.79 Å². The van der Waals surface area contributed by atoms with E-state index in [4.69, 9.17) is 11.6 Å². The molecule has 0 saturated carbocycles. The molecule has 0 aliphatic rings. The van der Waals surface area contributed by atoms with Gasteiger partial charge in [0, 0.05) is 24.7 Å². The molecule has 0 heterocycles. The molecular formula is C12H10ClFOS. The van der Waals surface area contributed by atoms with Crippen LogP contribution in [0.15, 0.2) is 18.2 Å². The van der Waals surface area contributed by atoms with Crippen LogP contribution in [0.3, 0.4) is 0 Å². The Morgan fingerprint density at radius 3 is 3.00 bits per heavy atom. The predicted octanol–water partition coefficient (Wildman–Crippen LogP) is 3.50. The van der Waals surface area contributed by atoms with Gasteiger partial charge in [0.1, 0.15) is 5.82 Å². The third-order valence-electron chi connectivity index (χ3n) is 1.71. The SMILES string of the molecule is CC(=O)SCCC#Cc1cccc(F)c1Cl. The van der Waals surface area contributed by atoms with Crippen molar-refractivity contribution in [2.75, 3.05) is 5.75 Å². The summed E-state index contributed by atoms with van der Waals surface area (Å²) in [5, 5.41) is 0.125. The summed E-state index contributed by atoms with van der Waals surface area (Å²) in [5.74, 6) is 5.81. The van der Waals surface area contributed by atoms with Crippen LogP contribution in [0.5, 0.6) is 0 Å². The molecule has 0 radical (unpaired) electrons. The van der Waals surface area contributed by atoms with Crippen molar-refractivity contribution in [2.45, 2.75) is 13.3 Å². The number of thioether (sulfide) groups is 1. The Morgan fingerprint density at radius 1 is 1.56 bits per heavy atom. The quantitative estimate of drug-likeness (QED) is 0.595. The fraction of sp³-hybridized carbons (Fsp3) is 0.250. The van der Waals surface area contributed by atoms with Gasteiger partial charge < -0.3 is 0 Å². The molecule has 0 N–H and O–H groups in total. The molecule has 0 unspecified atom stereocenters. The summed E-state index contributed by atoms with van der Waals surface area (Å²) < 4.78 is 13.0. The van der Waals surface area contributed by atoms with E-state index >= 15 is 0 Å². The van der Waals surface area contributed by atoms with Crippen molar-refractivity contribution in [3.05, 3.63) is 34.6 Å². The number of benzene rings is 1. The van der Waals surface area contributed by atoms with Crippen molar-refractivity contribution < 1.29 is 9.18 Å². The van der Waals surface area contributed by atoms with Crippen LogP contribution in [0.2, 0.25) is 5.02 Å². The van der Waals surface area contributed by atoms with Crippen LogP contribution in [0, 0.1) is 17.7 Å². The summed E-state index contributed by atoms with van der Waals surface area (Å²) in [6.07, 6.45) is 0.580. The smallest absolute Gasteiger partial charge is 0.185 e. The Hall–Kier alpha value is -0.980. The highest BCUT2D eigenvalue weighted by Crippen LogP contribution is 2.18. The Balaban J connectivity index is 2.56. The van der Waals surface area contributed by atoms with E-state index < -0.39 is 5.82 Å². The Morgan fingerprint density at radius 2 is 2.31 bits per heavy atom. The molecule has 0 spiro atoms. The van der Waals surface area contributed by atoms with E-state index in [1.807, 2.05) is 0 Å². The molecule has 0 aliphatic heterocycles. The van der Waals surface area contributed by atoms with Crippen LogP contribution in [0.25, 0.3) is 0 Å². The topological polar surface area (TPSA) is 17.1 Å². The van der Waals surface area contributed by atoms with Crippen LogP contribution in [-0.4, -0.2) is 10.9 Å². The minimum atomic E-state index is -0.466. The lowest BCUT2D eigenvalue weighted by Gasteiger charge is -1.95. The average molecular weight is 257 g/mol. The summed E-state index contributed by atoms with van der Waals surface area (Å²) in [5.41, 5.74) is 0.481. The molecule has 1 nitrogen and oxygen atoms in total. The highest BCUT2D eigenvalue weighted by molar-refractivity contribution is 8.13. The predicted molar refractivity (Wildman–Crippen MR) is 66.0 cm³/mol. The monoisotopic (exact) mass is 256 g/mol. The van der Waals surface area contributed by atoms with Gasteiger partial charge in [0.05, 0.1) is 5.02 Å². The maximum absolute atomic E-state index is 13.0. The zero-order chi connectivity index (χ0) is 12.0. The Labute approximate surface area is 103 Å². The summed E-state index contributed by atoms with van der Waals surface area (Å²) in [6.45, 7) is 1.52. The summed E-state index contributed by atoms with van der Waals surface area (Å²) in [4.78, 5) is 10.6. The highest BCUT2D eigenvalue weighted by Gasteiger charge is 2.01. The Bertz CT molecular complexity index is 448. The first-order chi connectivity index (χ1) is 7.61. The lowest BCUT2D eigenvalue weighted by Crippen LogP contribution is -1.85. The third-order valence-corrected chi connectivity index (χ3v) is 2.91. The second-order valence-corrected chi connectivity index (χ2v) is 4.64. The number of hydrogen-bond donors (Lipinski definition) is 0. The minimum absolute atomic E-state index is 0.0502. The van der Waals surface area contributed by atoms with E-state index in [0.29, 0.717) is 17.7 Å². The second-order valence-electron chi connectivity index (χ2n) is 2.99. The molecule has 0 aromatic heterocycles. The third kappa shape index (κ3) is 4.26. The summed E-state index contributed by atoms with van der Waals surface area (Å²) in [7, 11) is 0. The lowest BCUT2D eigenvalue weighted by atomic mass is 10.2. The maximum Gasteiger partial charge on any atom is 0.185 e. The molecule has 4 heteroatoms. The maximum atomic E-state index is 13.0. The van der Waals surface area contributed by atoms with Gasteiger partial charge in [-0.1, -0.05) is 41.3 Å². The first-order valence-corrected chi connectivity index (χ1v) is 6.04. The molecule has 1 aromatic rings. The van der Waals surface area contributed by atoms with Crippen LogP contribution in [0.4, 0.5) is 4.39 Å². The molecule has 1 rings (SSSR count). The van der Waals surface area contributed by atoms with E-state index in [0.717, 1.165) is 0 Å². The van der Waals surface area contributed by atoms with Gasteiger partial charge in [-0.25, -0.2) is 4.39 Å². The molecular weight excluding hydrogens is 247 g/mol. The van der Waals surface area contributed by atoms with Gasteiger partial charge >= 0.3 is 0 Å². The van der Waals surface area contributed by atoms with E-state index in [1.165, 1.54) is 24.8 Å². The first kappa shape index (κ1) is 13.1. The number of halogens is 2. The number of carbonyl (C=O) groups excluding carboxylic acids is 1. The van der Waals surface area contributed by atoms with E-state index in [1.54, 1.807) is 12.1 Å². The average Bonchev–Trinajstić information content (AvgIpc) is 2.23. The second kappa shape index (κ2) is 6.57. The molecule has 0 saturated heterocycles. The van der Waals surface area contributed by atoms with Crippen LogP contribution < -0.4 is 0 Å². The highest BCUT2D eigenvalue weighted by atomic mass is 35.5. The van der Waals surface area contributed by atoms with Gasteiger partial charge in [-0.15, -0.1) is 0 Å². The molecule has 0 amide bonds. The van der Waals surface area contributed by atoms with E-state index in [9.17, 15) is 9.18 Å². The number of carbonyl (C=O) groups is 1. The van der Waals surface area contributed by atoms with Crippen molar-refractivity contribution in [2.24, 2.45) is 0 Å². The summed E-state index contributed by atoms with van der Waals surface area (Å²) in [6, 6.07) is 4.52. The van der Waals surface area contributed by atoms with Crippen molar-refractivity contribution in [1.29, 1.82) is 0 Å². The minimum Gasteiger partial charge on any atom is -0.288 e. The van der Waals surface area contributed by atoms with Gasteiger partial charge in [-0.05, 0) is 12.1 Å². The van der Waals surface area contributed by atoms with Crippen LogP contribution >= 0.6 is 23.4 Å². The largest absolute Gasteiger partial charge is 0.288 e. The summed E-state index contributed by atoms with van der Waals surface area (Å²) >= 11 is 6.94. The van der Waals surface area contributed by atoms with Crippen molar-refractivity contribution >= 4 is 28.5 Å². The molecule has 1 aromatic carbocycles. The lowest BCUT2D eigenvalue weighted by molar-refractivity contribution is -0.109.